The Kier molecular flexibility index (Phi) is 4.79. The molecule has 0 spiro atoms. The van der Waals surface area contributed by atoms with Gasteiger partial charge in [0.1, 0.15) is 0 Å². The molecule has 1 saturated carbocycles. The first kappa shape index (κ1) is 13.6. The Labute approximate surface area is 110 Å². The zero-order valence-electron chi connectivity index (χ0n) is 11.4. The number of nitrogens with one attached hydrogen (secondary N) is 1. The van der Waals surface area contributed by atoms with Crippen LogP contribution in [0.15, 0.2) is 30.3 Å². The van der Waals surface area contributed by atoms with E-state index in [0.717, 1.165) is 25.7 Å². The summed E-state index contributed by atoms with van der Waals surface area (Å²) in [6, 6.07) is 11.1. The van der Waals surface area contributed by atoms with Gasteiger partial charge in [-0.25, -0.2) is 0 Å². The van der Waals surface area contributed by atoms with Crippen LogP contribution in [0.1, 0.15) is 44.6 Å². The van der Waals surface area contributed by atoms with E-state index in [-0.39, 0.29) is 12.1 Å². The van der Waals surface area contributed by atoms with Gasteiger partial charge in [0, 0.05) is 11.6 Å². The molecule has 1 aromatic carbocycles. The molecule has 0 amide bonds. The molecule has 0 bridgehead atoms. The van der Waals surface area contributed by atoms with Crippen LogP contribution in [0.3, 0.4) is 0 Å². The van der Waals surface area contributed by atoms with Crippen LogP contribution in [-0.2, 0) is 6.42 Å². The van der Waals surface area contributed by atoms with Gasteiger partial charge in [-0.1, -0.05) is 50.1 Å². The molecule has 1 aliphatic carbocycles. The predicted octanol–water partition coefficient (Wildman–Crippen LogP) is 2.90. The Morgan fingerprint density at radius 2 is 1.89 bits per heavy atom. The number of benzene rings is 1. The summed E-state index contributed by atoms with van der Waals surface area (Å²) in [6.07, 6.45) is 6.89. The van der Waals surface area contributed by atoms with Crippen molar-refractivity contribution in [2.75, 3.05) is 6.61 Å². The minimum absolute atomic E-state index is 0.00451. The fourth-order valence-corrected chi connectivity index (χ4v) is 3.03. The van der Waals surface area contributed by atoms with E-state index < -0.39 is 0 Å². The highest BCUT2D eigenvalue weighted by Gasteiger charge is 2.34. The number of rotatable bonds is 6. The van der Waals surface area contributed by atoms with Crippen molar-refractivity contribution in [1.29, 1.82) is 0 Å². The molecule has 0 aromatic heterocycles. The van der Waals surface area contributed by atoms with Gasteiger partial charge >= 0.3 is 0 Å². The second-order valence-corrected chi connectivity index (χ2v) is 5.58. The summed E-state index contributed by atoms with van der Waals surface area (Å²) in [6.45, 7) is 2.50. The van der Waals surface area contributed by atoms with Crippen molar-refractivity contribution >= 4 is 0 Å². The van der Waals surface area contributed by atoms with Crippen molar-refractivity contribution in [1.82, 2.24) is 5.32 Å². The summed E-state index contributed by atoms with van der Waals surface area (Å²) in [7, 11) is 0. The highest BCUT2D eigenvalue weighted by Crippen LogP contribution is 2.30. The van der Waals surface area contributed by atoms with Gasteiger partial charge in [-0.05, 0) is 31.2 Å². The first-order valence-corrected chi connectivity index (χ1v) is 7.20. The van der Waals surface area contributed by atoms with Gasteiger partial charge in [-0.2, -0.15) is 0 Å². The highest BCUT2D eigenvalue weighted by molar-refractivity contribution is 5.16. The summed E-state index contributed by atoms with van der Waals surface area (Å²) < 4.78 is 0. The first-order chi connectivity index (χ1) is 8.78. The maximum absolute atomic E-state index is 9.66. The number of aliphatic hydroxyl groups is 1. The largest absolute Gasteiger partial charge is 0.394 e. The molecule has 2 heteroatoms. The van der Waals surface area contributed by atoms with Crippen molar-refractivity contribution in [3.8, 4) is 0 Å². The molecule has 1 fully saturated rings. The van der Waals surface area contributed by atoms with Crippen molar-refractivity contribution in [2.45, 2.75) is 57.0 Å². The third kappa shape index (κ3) is 3.33. The van der Waals surface area contributed by atoms with Crippen LogP contribution in [0.2, 0.25) is 0 Å². The molecule has 0 heterocycles. The van der Waals surface area contributed by atoms with E-state index in [1.807, 2.05) is 0 Å². The quantitative estimate of drug-likeness (QED) is 0.810. The SMILES string of the molecule is CCC(Cc1ccccc1)NC1(CO)CCCC1. The Bertz CT molecular complexity index is 343. The fraction of sp³-hybridized carbons (Fsp3) is 0.625. The van der Waals surface area contributed by atoms with Gasteiger partial charge in [0.25, 0.3) is 0 Å². The molecule has 100 valence electrons. The standard InChI is InChI=1S/C16H25NO/c1-2-15(12-14-8-4-3-5-9-14)17-16(13-18)10-6-7-11-16/h3-5,8-9,15,17-18H,2,6-7,10-13H2,1H3. The molecule has 1 atom stereocenters. The van der Waals surface area contributed by atoms with Gasteiger partial charge in [0.15, 0.2) is 0 Å². The topological polar surface area (TPSA) is 32.3 Å². The predicted molar refractivity (Wildman–Crippen MR) is 75.6 cm³/mol. The van der Waals surface area contributed by atoms with Crippen LogP contribution in [-0.4, -0.2) is 23.3 Å². The average Bonchev–Trinajstić information content (AvgIpc) is 2.88. The van der Waals surface area contributed by atoms with E-state index in [0.29, 0.717) is 6.04 Å². The van der Waals surface area contributed by atoms with E-state index in [1.54, 1.807) is 0 Å². The second-order valence-electron chi connectivity index (χ2n) is 5.58. The fourth-order valence-electron chi connectivity index (χ4n) is 3.03. The van der Waals surface area contributed by atoms with Gasteiger partial charge in [0.2, 0.25) is 0 Å². The lowest BCUT2D eigenvalue weighted by Gasteiger charge is -2.33. The van der Waals surface area contributed by atoms with Gasteiger partial charge in [-0.15, -0.1) is 0 Å². The van der Waals surface area contributed by atoms with Crippen LogP contribution in [0.5, 0.6) is 0 Å². The Balaban J connectivity index is 1.96. The van der Waals surface area contributed by atoms with E-state index in [2.05, 4.69) is 42.6 Å². The van der Waals surface area contributed by atoms with Crippen molar-refractivity contribution in [3.05, 3.63) is 35.9 Å². The number of hydrogen-bond acceptors (Lipinski definition) is 2. The minimum Gasteiger partial charge on any atom is -0.394 e. The van der Waals surface area contributed by atoms with Crippen molar-refractivity contribution in [3.63, 3.8) is 0 Å². The molecule has 0 saturated heterocycles. The molecular weight excluding hydrogens is 222 g/mol. The molecule has 2 rings (SSSR count). The molecule has 2 nitrogen and oxygen atoms in total. The smallest absolute Gasteiger partial charge is 0.0613 e. The zero-order valence-corrected chi connectivity index (χ0v) is 11.4. The number of hydrogen-bond donors (Lipinski definition) is 2. The summed E-state index contributed by atoms with van der Waals surface area (Å²) in [5.41, 5.74) is 1.37. The molecule has 1 unspecified atom stereocenters. The highest BCUT2D eigenvalue weighted by atomic mass is 16.3. The van der Waals surface area contributed by atoms with Gasteiger partial charge in [-0.3, -0.25) is 0 Å². The number of aliphatic hydroxyl groups excluding tert-OH is 1. The monoisotopic (exact) mass is 247 g/mol. The van der Waals surface area contributed by atoms with Crippen LogP contribution in [0.25, 0.3) is 0 Å². The summed E-state index contributed by atoms with van der Waals surface area (Å²) >= 11 is 0. The normalized spacial score (nSPS) is 19.9. The lowest BCUT2D eigenvalue weighted by Crippen LogP contribution is -2.51. The molecule has 18 heavy (non-hydrogen) atoms. The third-order valence-electron chi connectivity index (χ3n) is 4.19. The van der Waals surface area contributed by atoms with Crippen LogP contribution < -0.4 is 5.32 Å². The van der Waals surface area contributed by atoms with Gasteiger partial charge in [0.05, 0.1) is 6.61 Å². The van der Waals surface area contributed by atoms with Crippen LogP contribution in [0, 0.1) is 0 Å². The van der Waals surface area contributed by atoms with Crippen molar-refractivity contribution in [2.24, 2.45) is 0 Å². The summed E-state index contributed by atoms with van der Waals surface area (Å²) in [5, 5.41) is 13.4. The zero-order chi connectivity index (χ0) is 12.8. The lowest BCUT2D eigenvalue weighted by atomic mass is 9.94. The first-order valence-electron chi connectivity index (χ1n) is 7.20. The van der Waals surface area contributed by atoms with Crippen LogP contribution >= 0.6 is 0 Å². The molecule has 0 aliphatic heterocycles. The second kappa shape index (κ2) is 6.35. The molecule has 0 radical (unpaired) electrons. The Morgan fingerprint density at radius 1 is 1.22 bits per heavy atom. The maximum Gasteiger partial charge on any atom is 0.0613 e. The van der Waals surface area contributed by atoms with E-state index >= 15 is 0 Å². The molecular formula is C16H25NO. The molecule has 2 N–H and O–H groups in total. The summed E-state index contributed by atoms with van der Waals surface area (Å²) in [5.74, 6) is 0. The Morgan fingerprint density at radius 3 is 2.44 bits per heavy atom. The molecule has 1 aromatic rings. The molecule has 1 aliphatic rings. The van der Waals surface area contributed by atoms with E-state index in [9.17, 15) is 5.11 Å². The third-order valence-corrected chi connectivity index (χ3v) is 4.19. The van der Waals surface area contributed by atoms with E-state index in [1.165, 1.54) is 18.4 Å². The lowest BCUT2D eigenvalue weighted by molar-refractivity contribution is 0.149. The van der Waals surface area contributed by atoms with Crippen LogP contribution in [0.4, 0.5) is 0 Å². The average molecular weight is 247 g/mol. The maximum atomic E-state index is 9.66. The Hall–Kier alpha value is -0.860. The van der Waals surface area contributed by atoms with Crippen molar-refractivity contribution < 1.29 is 5.11 Å². The summed E-state index contributed by atoms with van der Waals surface area (Å²) in [4.78, 5) is 0. The van der Waals surface area contributed by atoms with Gasteiger partial charge < -0.3 is 10.4 Å². The minimum atomic E-state index is -0.00451. The van der Waals surface area contributed by atoms with E-state index in [4.69, 9.17) is 0 Å².